The molecule has 21 heavy (non-hydrogen) atoms. The van der Waals surface area contributed by atoms with E-state index in [-0.39, 0.29) is 15.9 Å². The second-order valence-electron chi connectivity index (χ2n) is 5.34. The normalized spacial score (nSPS) is 20.3. The number of benzene rings is 1. The van der Waals surface area contributed by atoms with Crippen LogP contribution in [-0.2, 0) is 10.0 Å². The standard InChI is InChI=1S/C14H21N3O2S2/c1-17-9-5-4-6-11(17)10-16-21(18,19)13-8-3-2-7-12(13)14(15)20/h2-3,7-8,11,16H,4-6,9-10H2,1H3,(H2,15,20). The first kappa shape index (κ1) is 16.4. The van der Waals surface area contributed by atoms with Crippen LogP contribution in [0.1, 0.15) is 24.8 Å². The van der Waals surface area contributed by atoms with E-state index < -0.39 is 10.0 Å². The van der Waals surface area contributed by atoms with Gasteiger partial charge in [-0.05, 0) is 32.5 Å². The molecule has 7 heteroatoms. The van der Waals surface area contributed by atoms with Crippen molar-refractivity contribution in [1.29, 1.82) is 0 Å². The number of piperidine rings is 1. The van der Waals surface area contributed by atoms with Crippen LogP contribution in [0.2, 0.25) is 0 Å². The first-order chi connectivity index (χ1) is 9.92. The molecule has 0 saturated carbocycles. The number of sulfonamides is 1. The molecule has 2 rings (SSSR count). The number of nitrogens with two attached hydrogens (primary N) is 1. The van der Waals surface area contributed by atoms with Crippen LogP contribution in [0.3, 0.4) is 0 Å². The molecule has 1 saturated heterocycles. The zero-order chi connectivity index (χ0) is 15.5. The maximum absolute atomic E-state index is 12.5. The molecule has 5 nitrogen and oxygen atoms in total. The molecule has 1 fully saturated rings. The molecule has 0 spiro atoms. The van der Waals surface area contributed by atoms with E-state index in [1.807, 2.05) is 7.05 Å². The molecule has 0 amide bonds. The fraction of sp³-hybridized carbons (Fsp3) is 0.500. The summed E-state index contributed by atoms with van der Waals surface area (Å²) in [4.78, 5) is 2.44. The molecule has 1 aliphatic rings. The fourth-order valence-corrected chi connectivity index (χ4v) is 4.13. The smallest absolute Gasteiger partial charge is 0.241 e. The highest BCUT2D eigenvalue weighted by atomic mass is 32.2. The molecule has 0 aliphatic carbocycles. The van der Waals surface area contributed by atoms with Gasteiger partial charge in [-0.2, -0.15) is 0 Å². The van der Waals surface area contributed by atoms with E-state index in [0.29, 0.717) is 12.1 Å². The number of hydrogen-bond acceptors (Lipinski definition) is 4. The lowest BCUT2D eigenvalue weighted by molar-refractivity contribution is 0.187. The van der Waals surface area contributed by atoms with Crippen molar-refractivity contribution in [2.75, 3.05) is 20.1 Å². The summed E-state index contributed by atoms with van der Waals surface area (Å²) >= 11 is 4.92. The van der Waals surface area contributed by atoms with E-state index in [9.17, 15) is 8.42 Å². The largest absolute Gasteiger partial charge is 0.389 e. The number of likely N-dealkylation sites (tertiary alicyclic amines) is 1. The predicted octanol–water partition coefficient (Wildman–Crippen LogP) is 1.08. The van der Waals surface area contributed by atoms with Crippen molar-refractivity contribution in [3.8, 4) is 0 Å². The highest BCUT2D eigenvalue weighted by Crippen LogP contribution is 2.17. The predicted molar refractivity (Wildman–Crippen MR) is 87.8 cm³/mol. The van der Waals surface area contributed by atoms with E-state index in [4.69, 9.17) is 18.0 Å². The van der Waals surface area contributed by atoms with Crippen LogP contribution < -0.4 is 10.5 Å². The highest BCUT2D eigenvalue weighted by Gasteiger charge is 2.23. The molecule has 0 bridgehead atoms. The summed E-state index contributed by atoms with van der Waals surface area (Å²) in [7, 11) is -1.57. The highest BCUT2D eigenvalue weighted by molar-refractivity contribution is 7.89. The van der Waals surface area contributed by atoms with Crippen LogP contribution in [0.25, 0.3) is 0 Å². The molecule has 1 atom stereocenters. The summed E-state index contributed by atoms with van der Waals surface area (Å²) in [5.41, 5.74) is 5.99. The fourth-order valence-electron chi connectivity index (χ4n) is 2.59. The number of likely N-dealkylation sites (N-methyl/N-ethyl adjacent to an activating group) is 1. The lowest BCUT2D eigenvalue weighted by atomic mass is 10.0. The summed E-state index contributed by atoms with van der Waals surface area (Å²) < 4.78 is 27.6. The minimum Gasteiger partial charge on any atom is -0.389 e. The lowest BCUT2D eigenvalue weighted by Crippen LogP contribution is -2.44. The van der Waals surface area contributed by atoms with Crippen LogP contribution in [0.4, 0.5) is 0 Å². The molecule has 1 aromatic rings. The quantitative estimate of drug-likeness (QED) is 0.792. The van der Waals surface area contributed by atoms with Gasteiger partial charge >= 0.3 is 0 Å². The molecule has 3 N–H and O–H groups in total. The Balaban J connectivity index is 2.13. The SMILES string of the molecule is CN1CCCCC1CNS(=O)(=O)c1ccccc1C(N)=S. The van der Waals surface area contributed by atoms with Gasteiger partial charge in [-0.1, -0.05) is 36.8 Å². The topological polar surface area (TPSA) is 75.4 Å². The van der Waals surface area contributed by atoms with E-state index in [2.05, 4.69) is 9.62 Å². The molecule has 1 unspecified atom stereocenters. The van der Waals surface area contributed by atoms with Crippen molar-refractivity contribution in [3.05, 3.63) is 29.8 Å². The number of hydrogen-bond donors (Lipinski definition) is 2. The molecule has 1 heterocycles. The average Bonchev–Trinajstić information content (AvgIpc) is 2.46. The van der Waals surface area contributed by atoms with Crippen molar-refractivity contribution in [2.45, 2.75) is 30.2 Å². The van der Waals surface area contributed by atoms with Crippen LogP contribution >= 0.6 is 12.2 Å². The molecule has 116 valence electrons. The second kappa shape index (κ2) is 6.83. The van der Waals surface area contributed by atoms with E-state index >= 15 is 0 Å². The van der Waals surface area contributed by atoms with E-state index in [0.717, 1.165) is 19.4 Å². The van der Waals surface area contributed by atoms with Gasteiger partial charge in [0.15, 0.2) is 0 Å². The average molecular weight is 327 g/mol. The van der Waals surface area contributed by atoms with Crippen LogP contribution in [0.15, 0.2) is 29.2 Å². The zero-order valence-electron chi connectivity index (χ0n) is 12.1. The summed E-state index contributed by atoms with van der Waals surface area (Å²) in [5, 5.41) is 0. The van der Waals surface area contributed by atoms with Crippen LogP contribution in [-0.4, -0.2) is 44.5 Å². The van der Waals surface area contributed by atoms with Crippen molar-refractivity contribution < 1.29 is 8.42 Å². The van der Waals surface area contributed by atoms with Gasteiger partial charge in [0, 0.05) is 18.2 Å². The summed E-state index contributed by atoms with van der Waals surface area (Å²) in [6.07, 6.45) is 3.32. The van der Waals surface area contributed by atoms with Gasteiger partial charge in [0.1, 0.15) is 4.99 Å². The van der Waals surface area contributed by atoms with Gasteiger partial charge in [-0.15, -0.1) is 0 Å². The summed E-state index contributed by atoms with van der Waals surface area (Å²) in [6.45, 7) is 1.42. The maximum Gasteiger partial charge on any atom is 0.241 e. The first-order valence-electron chi connectivity index (χ1n) is 7.00. The monoisotopic (exact) mass is 327 g/mol. The third-order valence-corrected chi connectivity index (χ3v) is 5.57. The Morgan fingerprint density at radius 2 is 2.14 bits per heavy atom. The molecular weight excluding hydrogens is 306 g/mol. The van der Waals surface area contributed by atoms with Crippen LogP contribution in [0, 0.1) is 0 Å². The molecule has 0 aromatic heterocycles. The molecule has 0 radical (unpaired) electrons. The third kappa shape index (κ3) is 4.00. The minimum absolute atomic E-state index is 0.0887. The van der Waals surface area contributed by atoms with Crippen molar-refractivity contribution in [3.63, 3.8) is 0 Å². The number of thiocarbonyl (C=S) groups is 1. The summed E-state index contributed by atoms with van der Waals surface area (Å²) in [5.74, 6) is 0. The molecule has 1 aliphatic heterocycles. The van der Waals surface area contributed by atoms with Gasteiger partial charge in [-0.3, -0.25) is 0 Å². The van der Waals surface area contributed by atoms with Gasteiger partial charge in [-0.25, -0.2) is 13.1 Å². The second-order valence-corrected chi connectivity index (χ2v) is 7.52. The van der Waals surface area contributed by atoms with E-state index in [1.54, 1.807) is 18.2 Å². The third-order valence-electron chi connectivity index (χ3n) is 3.87. The maximum atomic E-state index is 12.5. The van der Waals surface area contributed by atoms with Gasteiger partial charge in [0.05, 0.1) is 4.90 Å². The summed E-state index contributed by atoms with van der Waals surface area (Å²) in [6, 6.07) is 6.79. The Morgan fingerprint density at radius 3 is 2.81 bits per heavy atom. The van der Waals surface area contributed by atoms with Crippen molar-refractivity contribution in [2.24, 2.45) is 5.73 Å². The van der Waals surface area contributed by atoms with E-state index in [1.165, 1.54) is 12.5 Å². The Kier molecular flexibility index (Phi) is 5.32. The number of nitrogens with one attached hydrogen (secondary N) is 1. The van der Waals surface area contributed by atoms with Gasteiger partial charge in [0.25, 0.3) is 0 Å². The molecular formula is C14H21N3O2S2. The molecule has 1 aromatic carbocycles. The van der Waals surface area contributed by atoms with Gasteiger partial charge < -0.3 is 10.6 Å². The number of nitrogens with zero attached hydrogens (tertiary/aromatic N) is 1. The Morgan fingerprint density at radius 1 is 1.43 bits per heavy atom. The first-order valence-corrected chi connectivity index (χ1v) is 8.89. The Labute approximate surface area is 131 Å². The zero-order valence-corrected chi connectivity index (χ0v) is 13.7. The van der Waals surface area contributed by atoms with Gasteiger partial charge in [0.2, 0.25) is 10.0 Å². The number of rotatable bonds is 5. The Hall–Kier alpha value is -1.02. The van der Waals surface area contributed by atoms with Crippen LogP contribution in [0.5, 0.6) is 0 Å². The van der Waals surface area contributed by atoms with Crippen molar-refractivity contribution >= 4 is 27.2 Å². The van der Waals surface area contributed by atoms with Crippen molar-refractivity contribution in [1.82, 2.24) is 9.62 Å². The Bertz CT molecular complexity index is 616. The minimum atomic E-state index is -3.60. The lowest BCUT2D eigenvalue weighted by Gasteiger charge is -2.32.